The van der Waals surface area contributed by atoms with Gasteiger partial charge >= 0.3 is 17.6 Å². The predicted octanol–water partition coefficient (Wildman–Crippen LogP) is 1.30. The SMILES string of the molecule is O=C(O)C(F)(F)c1ccc2[nH]c(=O)oc2c1. The van der Waals surface area contributed by atoms with Crippen LogP contribution in [0.4, 0.5) is 8.78 Å². The van der Waals surface area contributed by atoms with Crippen molar-refractivity contribution in [2.24, 2.45) is 0 Å². The molecule has 2 aromatic rings. The highest BCUT2D eigenvalue weighted by Gasteiger charge is 2.41. The Morgan fingerprint density at radius 2 is 2.12 bits per heavy atom. The average molecular weight is 229 g/mol. The highest BCUT2D eigenvalue weighted by atomic mass is 19.3. The van der Waals surface area contributed by atoms with E-state index in [4.69, 9.17) is 5.11 Å². The van der Waals surface area contributed by atoms with E-state index in [1.807, 2.05) is 0 Å². The van der Waals surface area contributed by atoms with Crippen LogP contribution in [0.2, 0.25) is 0 Å². The number of carboxylic acids is 1. The second-order valence-electron chi connectivity index (χ2n) is 3.11. The summed E-state index contributed by atoms with van der Waals surface area (Å²) in [6, 6.07) is 2.90. The van der Waals surface area contributed by atoms with Crippen LogP contribution in [-0.2, 0) is 10.7 Å². The lowest BCUT2D eigenvalue weighted by Crippen LogP contribution is -2.25. The number of hydrogen-bond donors (Lipinski definition) is 2. The van der Waals surface area contributed by atoms with E-state index in [1.165, 1.54) is 0 Å². The monoisotopic (exact) mass is 229 g/mol. The van der Waals surface area contributed by atoms with Gasteiger partial charge < -0.3 is 9.52 Å². The minimum absolute atomic E-state index is 0.108. The number of benzene rings is 1. The zero-order valence-electron chi connectivity index (χ0n) is 7.66. The number of hydrogen-bond acceptors (Lipinski definition) is 3. The van der Waals surface area contributed by atoms with Crippen LogP contribution in [0.25, 0.3) is 11.1 Å². The standard InChI is InChI=1S/C9H5F2NO4/c10-9(11,7(13)14)4-1-2-5-6(3-4)16-8(15)12-5/h1-3H,(H,12,15)(H,13,14). The third kappa shape index (κ3) is 1.46. The summed E-state index contributed by atoms with van der Waals surface area (Å²) in [4.78, 5) is 23.3. The normalized spacial score (nSPS) is 11.9. The number of aromatic amines is 1. The van der Waals surface area contributed by atoms with Crippen LogP contribution in [0, 0.1) is 0 Å². The van der Waals surface area contributed by atoms with Crippen LogP contribution in [-0.4, -0.2) is 16.1 Å². The van der Waals surface area contributed by atoms with Crippen LogP contribution in [0.3, 0.4) is 0 Å². The van der Waals surface area contributed by atoms with Crippen molar-refractivity contribution in [1.29, 1.82) is 0 Å². The maximum atomic E-state index is 13.1. The molecule has 2 rings (SSSR count). The molecule has 0 bridgehead atoms. The van der Waals surface area contributed by atoms with Gasteiger partial charge in [-0.1, -0.05) is 6.07 Å². The van der Waals surface area contributed by atoms with Gasteiger partial charge in [0.15, 0.2) is 5.58 Å². The number of nitrogens with one attached hydrogen (secondary N) is 1. The van der Waals surface area contributed by atoms with Gasteiger partial charge in [0.2, 0.25) is 0 Å². The van der Waals surface area contributed by atoms with Gasteiger partial charge in [-0.25, -0.2) is 9.59 Å². The van der Waals surface area contributed by atoms with Crippen molar-refractivity contribution in [3.05, 3.63) is 34.3 Å². The van der Waals surface area contributed by atoms with Gasteiger partial charge in [-0.15, -0.1) is 0 Å². The second kappa shape index (κ2) is 3.16. The molecule has 0 amide bonds. The fourth-order valence-corrected chi connectivity index (χ4v) is 1.26. The Morgan fingerprint density at radius 1 is 1.44 bits per heavy atom. The number of H-pyrrole nitrogens is 1. The molecule has 0 aliphatic heterocycles. The topological polar surface area (TPSA) is 83.3 Å². The maximum Gasteiger partial charge on any atom is 0.417 e. The fraction of sp³-hybridized carbons (Fsp3) is 0.111. The van der Waals surface area contributed by atoms with Crippen molar-refractivity contribution >= 4 is 17.1 Å². The molecule has 16 heavy (non-hydrogen) atoms. The van der Waals surface area contributed by atoms with Crippen LogP contribution in [0.1, 0.15) is 5.56 Å². The molecule has 0 saturated carbocycles. The highest BCUT2D eigenvalue weighted by molar-refractivity contribution is 5.80. The summed E-state index contributed by atoms with van der Waals surface area (Å²) in [5.74, 6) is -7.06. The minimum atomic E-state index is -4.01. The molecule has 1 heterocycles. The van der Waals surface area contributed by atoms with Crippen molar-refractivity contribution < 1.29 is 23.1 Å². The lowest BCUT2D eigenvalue weighted by molar-refractivity contribution is -0.166. The number of oxazole rings is 1. The summed E-state index contributed by atoms with van der Waals surface area (Å²) in [6.07, 6.45) is 0. The first kappa shape index (κ1) is 10.3. The Morgan fingerprint density at radius 3 is 2.75 bits per heavy atom. The van der Waals surface area contributed by atoms with Crippen LogP contribution < -0.4 is 5.76 Å². The van der Waals surface area contributed by atoms with Crippen LogP contribution in [0.15, 0.2) is 27.4 Å². The summed E-state index contributed by atoms with van der Waals surface area (Å²) in [5.41, 5.74) is -0.617. The Balaban J connectivity index is 2.63. The Bertz CT molecular complexity index is 613. The molecule has 1 aromatic heterocycles. The van der Waals surface area contributed by atoms with E-state index in [9.17, 15) is 18.4 Å². The molecule has 0 radical (unpaired) electrons. The largest absolute Gasteiger partial charge is 0.477 e. The highest BCUT2D eigenvalue weighted by Crippen LogP contribution is 2.29. The molecule has 84 valence electrons. The molecule has 0 unspecified atom stereocenters. The number of alkyl halides is 2. The maximum absolute atomic E-state index is 13.1. The van der Waals surface area contributed by atoms with E-state index >= 15 is 0 Å². The minimum Gasteiger partial charge on any atom is -0.477 e. The van der Waals surface area contributed by atoms with E-state index < -0.39 is 23.2 Å². The van der Waals surface area contributed by atoms with E-state index in [-0.39, 0.29) is 11.1 Å². The molecule has 0 aliphatic carbocycles. The zero-order valence-corrected chi connectivity index (χ0v) is 7.66. The first-order chi connectivity index (χ1) is 7.41. The summed E-state index contributed by atoms with van der Waals surface area (Å²) in [6.45, 7) is 0. The van der Waals surface area contributed by atoms with Crippen LogP contribution in [0.5, 0.6) is 0 Å². The third-order valence-corrected chi connectivity index (χ3v) is 2.05. The van der Waals surface area contributed by atoms with E-state index in [2.05, 4.69) is 9.40 Å². The molecular weight excluding hydrogens is 224 g/mol. The quantitative estimate of drug-likeness (QED) is 0.812. The molecule has 0 atom stereocenters. The van der Waals surface area contributed by atoms with Gasteiger partial charge in [-0.05, 0) is 12.1 Å². The van der Waals surface area contributed by atoms with Gasteiger partial charge in [0, 0.05) is 5.56 Å². The molecular formula is C9H5F2NO4. The average Bonchev–Trinajstić information content (AvgIpc) is 2.56. The predicted molar refractivity (Wildman–Crippen MR) is 48.4 cm³/mol. The number of halogens is 2. The molecule has 0 fully saturated rings. The number of aromatic nitrogens is 1. The van der Waals surface area contributed by atoms with Crippen molar-refractivity contribution in [3.63, 3.8) is 0 Å². The smallest absolute Gasteiger partial charge is 0.417 e. The van der Waals surface area contributed by atoms with Gasteiger partial charge in [-0.2, -0.15) is 8.78 Å². The molecule has 0 spiro atoms. The lowest BCUT2D eigenvalue weighted by Gasteiger charge is -2.10. The number of fused-ring (bicyclic) bond motifs is 1. The molecule has 5 nitrogen and oxygen atoms in total. The number of carboxylic acid groups (broad SMARTS) is 1. The van der Waals surface area contributed by atoms with Gasteiger partial charge in [0.05, 0.1) is 5.52 Å². The second-order valence-corrected chi connectivity index (χ2v) is 3.11. The molecule has 0 saturated heterocycles. The molecule has 1 aromatic carbocycles. The lowest BCUT2D eigenvalue weighted by atomic mass is 10.1. The molecule has 0 aliphatic rings. The number of rotatable bonds is 2. The van der Waals surface area contributed by atoms with Crippen LogP contribution >= 0.6 is 0 Å². The summed E-state index contributed by atoms with van der Waals surface area (Å²) >= 11 is 0. The summed E-state index contributed by atoms with van der Waals surface area (Å²) in [5, 5.41) is 8.32. The Hall–Kier alpha value is -2.18. The Kier molecular flexibility index (Phi) is 2.04. The van der Waals surface area contributed by atoms with Crippen molar-refractivity contribution in [2.75, 3.05) is 0 Å². The van der Waals surface area contributed by atoms with Crippen molar-refractivity contribution in [2.45, 2.75) is 5.92 Å². The zero-order chi connectivity index (χ0) is 11.9. The van der Waals surface area contributed by atoms with Crippen molar-refractivity contribution in [1.82, 2.24) is 4.98 Å². The molecule has 7 heteroatoms. The third-order valence-electron chi connectivity index (χ3n) is 2.05. The fourth-order valence-electron chi connectivity index (χ4n) is 1.26. The Labute approximate surface area is 86.3 Å². The number of aliphatic carboxylic acids is 1. The van der Waals surface area contributed by atoms with E-state index in [0.29, 0.717) is 0 Å². The van der Waals surface area contributed by atoms with E-state index in [0.717, 1.165) is 18.2 Å². The van der Waals surface area contributed by atoms with Gasteiger partial charge in [0.25, 0.3) is 0 Å². The summed E-state index contributed by atoms with van der Waals surface area (Å²) in [7, 11) is 0. The van der Waals surface area contributed by atoms with Gasteiger partial charge in [0.1, 0.15) is 0 Å². The first-order valence-corrected chi connectivity index (χ1v) is 4.16. The first-order valence-electron chi connectivity index (χ1n) is 4.16. The number of carbonyl (C=O) groups is 1. The van der Waals surface area contributed by atoms with Gasteiger partial charge in [-0.3, -0.25) is 4.98 Å². The molecule has 2 N–H and O–H groups in total. The van der Waals surface area contributed by atoms with E-state index in [1.54, 1.807) is 0 Å². The van der Waals surface area contributed by atoms with Crippen molar-refractivity contribution in [3.8, 4) is 0 Å². The summed E-state index contributed by atoms with van der Waals surface area (Å²) < 4.78 is 30.7.